The second kappa shape index (κ2) is 11.6. The summed E-state index contributed by atoms with van der Waals surface area (Å²) >= 11 is 0. The van der Waals surface area contributed by atoms with Crippen molar-refractivity contribution in [3.63, 3.8) is 0 Å². The minimum Gasteiger partial charge on any atom is -0.662 e. The number of rotatable bonds is 4. The number of aryl methyl sites for hydroxylation is 1. The second-order valence-electron chi connectivity index (χ2n) is 7.47. The van der Waals surface area contributed by atoms with E-state index in [1.54, 1.807) is 6.20 Å². The molecule has 3 N–H and O–H groups in total. The van der Waals surface area contributed by atoms with Crippen molar-refractivity contribution in [3.8, 4) is 11.3 Å². The summed E-state index contributed by atoms with van der Waals surface area (Å²) in [5.74, 6) is 1.84. The van der Waals surface area contributed by atoms with Crippen LogP contribution in [0.25, 0.3) is 27.5 Å². The zero-order valence-corrected chi connectivity index (χ0v) is 21.1. The Kier molecular flexibility index (Phi) is 8.81. The summed E-state index contributed by atoms with van der Waals surface area (Å²) < 4.78 is 0. The van der Waals surface area contributed by atoms with E-state index in [0.29, 0.717) is 0 Å². The smallest absolute Gasteiger partial charge is 0.134 e. The van der Waals surface area contributed by atoms with Gasteiger partial charge >= 0.3 is 0 Å². The number of aromatic amines is 1. The molecule has 0 bridgehead atoms. The van der Waals surface area contributed by atoms with Crippen molar-refractivity contribution in [2.75, 3.05) is 25.5 Å². The van der Waals surface area contributed by atoms with Crippen LogP contribution in [0.15, 0.2) is 49.2 Å². The molecule has 5 heterocycles. The van der Waals surface area contributed by atoms with Crippen LogP contribution in [0.5, 0.6) is 0 Å². The summed E-state index contributed by atoms with van der Waals surface area (Å²) in [6, 6.07) is 6.09. The molecular formula is C23H26N7OY-. The summed E-state index contributed by atoms with van der Waals surface area (Å²) in [4.78, 5) is 21.7. The van der Waals surface area contributed by atoms with Crippen LogP contribution in [0.3, 0.4) is 0 Å². The Labute approximate surface area is 212 Å². The van der Waals surface area contributed by atoms with Crippen LogP contribution in [0, 0.1) is 6.92 Å². The molecule has 0 saturated carbocycles. The molecule has 32 heavy (non-hydrogen) atoms. The molecule has 0 aliphatic carbocycles. The fourth-order valence-corrected chi connectivity index (χ4v) is 3.80. The van der Waals surface area contributed by atoms with E-state index in [4.69, 9.17) is 15.1 Å². The Bertz CT molecular complexity index is 1160. The van der Waals surface area contributed by atoms with Gasteiger partial charge in [-0.3, -0.25) is 9.97 Å². The number of aromatic nitrogens is 5. The first-order chi connectivity index (χ1) is 15.3. The number of aliphatic hydroxyl groups is 1. The fourth-order valence-electron chi connectivity index (χ4n) is 3.80. The number of nitrogens with one attached hydrogen (secondary N) is 2. The third-order valence-electron chi connectivity index (χ3n) is 5.23. The number of H-pyrrole nitrogens is 1. The number of anilines is 2. The average molecular weight is 505 g/mol. The predicted molar refractivity (Wildman–Crippen MR) is 123 cm³/mol. The van der Waals surface area contributed by atoms with E-state index in [1.807, 2.05) is 37.8 Å². The molecule has 0 amide bonds. The van der Waals surface area contributed by atoms with Gasteiger partial charge in [0.2, 0.25) is 0 Å². The maximum atomic E-state index is 7.00. The summed E-state index contributed by atoms with van der Waals surface area (Å²) in [6.45, 7) is 3.74. The van der Waals surface area contributed by atoms with Crippen LogP contribution in [-0.2, 0) is 32.7 Å². The summed E-state index contributed by atoms with van der Waals surface area (Å²) in [7, 11) is 1.00. The van der Waals surface area contributed by atoms with Gasteiger partial charge in [0.1, 0.15) is 11.6 Å². The van der Waals surface area contributed by atoms with Crippen molar-refractivity contribution in [1.29, 1.82) is 0 Å². The molecule has 1 aliphatic rings. The van der Waals surface area contributed by atoms with Gasteiger partial charge in [-0.25, -0.2) is 9.97 Å². The zero-order valence-electron chi connectivity index (χ0n) is 18.3. The predicted octanol–water partition coefficient (Wildman–Crippen LogP) is 4.32. The van der Waals surface area contributed by atoms with E-state index in [-0.39, 0.29) is 38.6 Å². The van der Waals surface area contributed by atoms with E-state index in [9.17, 15) is 0 Å². The Balaban J connectivity index is 0.000000938. The van der Waals surface area contributed by atoms with Crippen LogP contribution < -0.4 is 5.32 Å². The van der Waals surface area contributed by atoms with Crippen molar-refractivity contribution in [2.45, 2.75) is 25.7 Å². The van der Waals surface area contributed by atoms with E-state index in [2.05, 4.69) is 37.7 Å². The quantitative estimate of drug-likeness (QED) is 0.381. The van der Waals surface area contributed by atoms with Crippen molar-refractivity contribution in [2.24, 2.45) is 0 Å². The Morgan fingerprint density at radius 2 is 1.94 bits per heavy atom. The van der Waals surface area contributed by atoms with Crippen LogP contribution in [0.2, 0.25) is 0 Å². The first-order valence-corrected chi connectivity index (χ1v) is 10.3. The molecular weight excluding hydrogens is 479 g/mol. The first kappa shape index (κ1) is 24.4. The number of hydrogen-bond acceptors (Lipinski definition) is 6. The maximum absolute atomic E-state index is 7.00. The largest absolute Gasteiger partial charge is 0.662 e. The summed E-state index contributed by atoms with van der Waals surface area (Å²) in [5, 5.41) is 16.1. The number of nitrogens with zero attached hydrogens (tertiary/aromatic N) is 5. The van der Waals surface area contributed by atoms with E-state index in [0.717, 1.165) is 78.1 Å². The minimum absolute atomic E-state index is 0. The van der Waals surface area contributed by atoms with Gasteiger partial charge in [-0.1, -0.05) is 6.42 Å². The standard InChI is InChI=1S/C22H22N7.CH4O.Y/c1-14-7-16(11-24-9-14)27-21-8-19(18-12-25-13-20-17(18)4-6-26-20)28-22(29-21)15-3-2-5-23-10-15;1-2;/h4,6-9,11-13,15,26H,2-3,5,10H2,1H3,(H,27,28,29);2H,1H3;/q-1;;. The number of pyridine rings is 2. The molecule has 5 rings (SSSR count). The van der Waals surface area contributed by atoms with Gasteiger partial charge in [0.05, 0.1) is 29.3 Å². The molecule has 1 radical (unpaired) electrons. The van der Waals surface area contributed by atoms with Crippen molar-refractivity contribution in [1.82, 2.24) is 24.9 Å². The molecule has 1 aliphatic heterocycles. The molecule has 0 aromatic carbocycles. The van der Waals surface area contributed by atoms with Gasteiger partial charge in [-0.2, -0.15) is 0 Å². The normalized spacial score (nSPS) is 15.4. The van der Waals surface area contributed by atoms with Gasteiger partial charge < -0.3 is 20.7 Å². The Morgan fingerprint density at radius 1 is 1.09 bits per heavy atom. The third kappa shape index (κ3) is 5.56. The van der Waals surface area contributed by atoms with E-state index in [1.165, 1.54) is 0 Å². The molecule has 4 aromatic heterocycles. The third-order valence-corrected chi connectivity index (χ3v) is 5.23. The number of hydrogen-bond donors (Lipinski definition) is 3. The molecule has 1 atom stereocenters. The van der Waals surface area contributed by atoms with Gasteiger partial charge in [0.15, 0.2) is 0 Å². The minimum atomic E-state index is 0. The first-order valence-electron chi connectivity index (χ1n) is 10.3. The van der Waals surface area contributed by atoms with Crippen LogP contribution in [0.1, 0.15) is 30.1 Å². The molecule has 1 unspecified atom stereocenters. The van der Waals surface area contributed by atoms with Crippen molar-refractivity contribution < 1.29 is 37.8 Å². The Hall–Kier alpha value is -2.26. The molecule has 163 valence electrons. The summed E-state index contributed by atoms with van der Waals surface area (Å²) in [6.07, 6.45) is 11.4. The van der Waals surface area contributed by atoms with Gasteiger partial charge in [-0.15, -0.1) is 13.1 Å². The van der Waals surface area contributed by atoms with E-state index >= 15 is 0 Å². The molecule has 4 aromatic rings. The van der Waals surface area contributed by atoms with Crippen molar-refractivity contribution in [3.05, 3.63) is 65.9 Å². The van der Waals surface area contributed by atoms with Gasteiger partial charge in [0, 0.05) is 81.3 Å². The van der Waals surface area contributed by atoms with Crippen LogP contribution in [0.4, 0.5) is 11.5 Å². The van der Waals surface area contributed by atoms with E-state index < -0.39 is 0 Å². The molecule has 9 heteroatoms. The molecule has 1 fully saturated rings. The maximum Gasteiger partial charge on any atom is 0.134 e. The number of aliphatic hydroxyl groups excluding tert-OH is 1. The fraction of sp³-hybridized carbons (Fsp3) is 0.304. The SMILES string of the molecule is CO.Cc1cncc(Nc2cc(-c3cncc4[nH]ccc34)nc(C3CCC[N-]C3)n2)c1.[Y]. The monoisotopic (exact) mass is 505 g/mol. The van der Waals surface area contributed by atoms with Crippen LogP contribution in [-0.4, -0.2) is 50.2 Å². The molecule has 0 spiro atoms. The Morgan fingerprint density at radius 3 is 2.72 bits per heavy atom. The number of fused-ring (bicyclic) bond motifs is 1. The molecule has 8 nitrogen and oxygen atoms in total. The zero-order chi connectivity index (χ0) is 21.6. The number of piperidine rings is 1. The van der Waals surface area contributed by atoms with Gasteiger partial charge in [-0.05, 0) is 31.0 Å². The summed E-state index contributed by atoms with van der Waals surface area (Å²) in [5.41, 5.74) is 4.85. The van der Waals surface area contributed by atoms with Crippen LogP contribution >= 0.6 is 0 Å². The van der Waals surface area contributed by atoms with Crippen molar-refractivity contribution >= 4 is 22.4 Å². The van der Waals surface area contributed by atoms with Gasteiger partial charge in [0.25, 0.3) is 0 Å². The second-order valence-corrected chi connectivity index (χ2v) is 7.47. The molecule has 1 saturated heterocycles. The average Bonchev–Trinajstić information content (AvgIpc) is 3.30. The topological polar surface area (TPSA) is 114 Å².